The molecule has 3 rings (SSSR count). The summed E-state index contributed by atoms with van der Waals surface area (Å²) in [6, 6.07) is 2.25. The van der Waals surface area contributed by atoms with Crippen molar-refractivity contribution in [2.75, 3.05) is 38.5 Å². The first-order chi connectivity index (χ1) is 9.28. The van der Waals surface area contributed by atoms with Gasteiger partial charge in [0.15, 0.2) is 0 Å². The number of anilines is 1. The van der Waals surface area contributed by atoms with Gasteiger partial charge in [-0.25, -0.2) is 0 Å². The summed E-state index contributed by atoms with van der Waals surface area (Å²) in [6.45, 7) is 6.89. The lowest BCUT2D eigenvalue weighted by Crippen LogP contribution is -2.36. The predicted molar refractivity (Wildman–Crippen MR) is 78.1 cm³/mol. The van der Waals surface area contributed by atoms with Gasteiger partial charge < -0.3 is 10.6 Å². The number of nitrogens with two attached hydrogens (primary N) is 1. The summed E-state index contributed by atoms with van der Waals surface area (Å²) in [4.78, 5) is 6.36. The van der Waals surface area contributed by atoms with Crippen LogP contribution in [-0.2, 0) is 13.0 Å². The molecular formula is C14H20N4S. The maximum Gasteiger partial charge on any atom is 0.104 e. The Kier molecular flexibility index (Phi) is 3.74. The highest BCUT2D eigenvalue weighted by atomic mass is 32.1. The lowest BCUT2D eigenvalue weighted by molar-refractivity contribution is 0.213. The zero-order valence-electron chi connectivity index (χ0n) is 11.2. The number of rotatable bonds is 3. The molecule has 1 aromatic heterocycles. The van der Waals surface area contributed by atoms with E-state index in [1.165, 1.54) is 42.9 Å². The van der Waals surface area contributed by atoms with Gasteiger partial charge in [-0.05, 0) is 37.9 Å². The Morgan fingerprint density at radius 1 is 1.16 bits per heavy atom. The Hall–Kier alpha value is -1.09. The number of fused-ring (bicyclic) bond motifs is 1. The molecule has 1 fully saturated rings. The number of hydrogen-bond acceptors (Lipinski definition) is 5. The van der Waals surface area contributed by atoms with Gasteiger partial charge in [0.2, 0.25) is 0 Å². The van der Waals surface area contributed by atoms with Crippen LogP contribution in [0.15, 0.2) is 0 Å². The van der Waals surface area contributed by atoms with E-state index in [4.69, 9.17) is 11.0 Å². The Labute approximate surface area is 118 Å². The predicted octanol–water partition coefficient (Wildman–Crippen LogP) is 1.66. The zero-order valence-corrected chi connectivity index (χ0v) is 12.0. The number of nitrogen functional groups attached to an aromatic ring is 1. The van der Waals surface area contributed by atoms with Crippen LogP contribution >= 0.6 is 11.3 Å². The molecule has 0 spiro atoms. The van der Waals surface area contributed by atoms with E-state index in [1.807, 2.05) is 0 Å². The average molecular weight is 276 g/mol. The minimum absolute atomic E-state index is 0.703. The van der Waals surface area contributed by atoms with Crippen molar-refractivity contribution < 1.29 is 0 Å². The second-order valence-electron chi connectivity index (χ2n) is 5.43. The molecule has 0 aliphatic carbocycles. The summed E-state index contributed by atoms with van der Waals surface area (Å²) in [5.41, 5.74) is 7.87. The van der Waals surface area contributed by atoms with Crippen molar-refractivity contribution in [2.45, 2.75) is 25.8 Å². The van der Waals surface area contributed by atoms with E-state index in [0.29, 0.717) is 5.00 Å². The third kappa shape index (κ3) is 2.62. The quantitative estimate of drug-likeness (QED) is 0.912. The van der Waals surface area contributed by atoms with Crippen LogP contribution in [0, 0.1) is 11.3 Å². The van der Waals surface area contributed by atoms with E-state index < -0.39 is 0 Å². The van der Waals surface area contributed by atoms with Crippen LogP contribution in [-0.4, -0.2) is 42.5 Å². The van der Waals surface area contributed by atoms with Crippen LogP contribution in [0.2, 0.25) is 0 Å². The normalized spacial score (nSPS) is 20.4. The number of nitriles is 1. The van der Waals surface area contributed by atoms with Crippen LogP contribution in [0.3, 0.4) is 0 Å². The monoisotopic (exact) mass is 276 g/mol. The summed E-state index contributed by atoms with van der Waals surface area (Å²) < 4.78 is 0. The highest BCUT2D eigenvalue weighted by molar-refractivity contribution is 7.16. The minimum Gasteiger partial charge on any atom is -0.389 e. The van der Waals surface area contributed by atoms with E-state index in [9.17, 15) is 0 Å². The molecule has 102 valence electrons. The van der Waals surface area contributed by atoms with Gasteiger partial charge in [0.1, 0.15) is 11.1 Å². The molecule has 2 aliphatic rings. The van der Waals surface area contributed by atoms with E-state index in [0.717, 1.165) is 31.6 Å². The van der Waals surface area contributed by atoms with E-state index in [-0.39, 0.29) is 0 Å². The number of hydrogen-bond donors (Lipinski definition) is 1. The summed E-state index contributed by atoms with van der Waals surface area (Å²) in [6.07, 6.45) is 3.69. The molecule has 0 atom stereocenters. The molecule has 1 saturated heterocycles. The van der Waals surface area contributed by atoms with Crippen LogP contribution in [0.25, 0.3) is 0 Å². The van der Waals surface area contributed by atoms with Crippen LogP contribution in [0.4, 0.5) is 5.00 Å². The Morgan fingerprint density at radius 2 is 1.89 bits per heavy atom. The van der Waals surface area contributed by atoms with Crippen molar-refractivity contribution in [2.24, 2.45) is 0 Å². The van der Waals surface area contributed by atoms with Gasteiger partial charge in [0, 0.05) is 31.1 Å². The lowest BCUT2D eigenvalue weighted by atomic mass is 10.0. The maximum absolute atomic E-state index is 9.13. The molecule has 4 nitrogen and oxygen atoms in total. The molecule has 2 N–H and O–H groups in total. The molecule has 0 saturated carbocycles. The average Bonchev–Trinajstić information content (AvgIpc) is 3.01. The highest BCUT2D eigenvalue weighted by Gasteiger charge is 2.23. The van der Waals surface area contributed by atoms with E-state index >= 15 is 0 Å². The molecule has 19 heavy (non-hydrogen) atoms. The Bertz CT molecular complexity index is 496. The van der Waals surface area contributed by atoms with Crippen molar-refractivity contribution in [3.8, 4) is 6.07 Å². The molecular weight excluding hydrogens is 256 g/mol. The first-order valence-corrected chi connectivity index (χ1v) is 7.84. The number of nitrogens with zero attached hydrogens (tertiary/aromatic N) is 3. The van der Waals surface area contributed by atoms with Gasteiger partial charge in [-0.1, -0.05) is 0 Å². The third-order valence-electron chi connectivity index (χ3n) is 4.21. The molecule has 2 aliphatic heterocycles. The van der Waals surface area contributed by atoms with Gasteiger partial charge in [-0.3, -0.25) is 4.90 Å². The van der Waals surface area contributed by atoms with Crippen molar-refractivity contribution in [3.63, 3.8) is 0 Å². The number of likely N-dealkylation sites (tertiary alicyclic amines) is 1. The van der Waals surface area contributed by atoms with Crippen molar-refractivity contribution in [1.82, 2.24) is 9.80 Å². The summed E-state index contributed by atoms with van der Waals surface area (Å²) in [5, 5.41) is 9.84. The van der Waals surface area contributed by atoms with Crippen LogP contribution < -0.4 is 5.73 Å². The topological polar surface area (TPSA) is 56.3 Å². The zero-order chi connectivity index (χ0) is 13.2. The third-order valence-corrected chi connectivity index (χ3v) is 5.25. The van der Waals surface area contributed by atoms with Gasteiger partial charge in [-0.15, -0.1) is 11.3 Å². The van der Waals surface area contributed by atoms with Gasteiger partial charge in [0.25, 0.3) is 0 Å². The molecule has 0 amide bonds. The van der Waals surface area contributed by atoms with Crippen molar-refractivity contribution in [3.05, 3.63) is 16.0 Å². The van der Waals surface area contributed by atoms with Crippen LogP contribution in [0.1, 0.15) is 28.8 Å². The van der Waals surface area contributed by atoms with E-state index in [1.54, 1.807) is 11.3 Å². The molecule has 5 heteroatoms. The summed E-state index contributed by atoms with van der Waals surface area (Å²) in [5.74, 6) is 0. The molecule has 3 heterocycles. The largest absolute Gasteiger partial charge is 0.389 e. The summed E-state index contributed by atoms with van der Waals surface area (Å²) >= 11 is 1.60. The number of thiophene rings is 1. The van der Waals surface area contributed by atoms with Crippen molar-refractivity contribution >= 4 is 16.3 Å². The fraction of sp³-hybridized carbons (Fsp3) is 0.643. The van der Waals surface area contributed by atoms with Crippen LogP contribution in [0.5, 0.6) is 0 Å². The highest BCUT2D eigenvalue weighted by Crippen LogP contribution is 2.34. The Morgan fingerprint density at radius 3 is 2.63 bits per heavy atom. The molecule has 0 unspecified atom stereocenters. The molecule has 1 aromatic rings. The Balaban J connectivity index is 1.61. The lowest BCUT2D eigenvalue weighted by Gasteiger charge is -2.28. The van der Waals surface area contributed by atoms with Gasteiger partial charge >= 0.3 is 0 Å². The molecule has 0 aromatic carbocycles. The minimum atomic E-state index is 0.703. The smallest absolute Gasteiger partial charge is 0.104 e. The van der Waals surface area contributed by atoms with Crippen molar-refractivity contribution in [1.29, 1.82) is 5.26 Å². The SMILES string of the molecule is N#Cc1c(N)sc2c1CCN(CCN1CCCC1)C2. The van der Waals surface area contributed by atoms with Gasteiger partial charge in [-0.2, -0.15) is 5.26 Å². The fourth-order valence-corrected chi connectivity index (χ4v) is 4.19. The fourth-order valence-electron chi connectivity index (χ4n) is 3.08. The second kappa shape index (κ2) is 5.49. The molecule has 0 bridgehead atoms. The standard InChI is InChI=1S/C14H20N4S/c15-9-12-11-3-6-18(10-13(11)19-14(12)16)8-7-17-4-1-2-5-17/h1-8,10,16H2. The summed E-state index contributed by atoms with van der Waals surface area (Å²) in [7, 11) is 0. The van der Waals surface area contributed by atoms with E-state index in [2.05, 4.69) is 15.9 Å². The van der Waals surface area contributed by atoms with Gasteiger partial charge in [0.05, 0.1) is 5.56 Å². The maximum atomic E-state index is 9.13. The first-order valence-electron chi connectivity index (χ1n) is 7.03. The molecule has 0 radical (unpaired) electrons. The first kappa shape index (κ1) is 12.9. The second-order valence-corrected chi connectivity index (χ2v) is 6.57.